The van der Waals surface area contributed by atoms with Gasteiger partial charge in [0.15, 0.2) is 0 Å². The minimum atomic E-state index is 0.241. The van der Waals surface area contributed by atoms with Crippen molar-refractivity contribution < 1.29 is 4.79 Å². The van der Waals surface area contributed by atoms with E-state index >= 15 is 0 Å². The maximum atomic E-state index is 11.9. The zero-order chi connectivity index (χ0) is 12.8. The van der Waals surface area contributed by atoms with Gasteiger partial charge in [0.1, 0.15) is 0 Å². The zero-order valence-electron chi connectivity index (χ0n) is 11.7. The van der Waals surface area contributed by atoms with Crippen molar-refractivity contribution >= 4 is 5.91 Å². The van der Waals surface area contributed by atoms with Crippen molar-refractivity contribution in [2.75, 3.05) is 40.3 Å². The Morgan fingerprint density at radius 1 is 1.47 bits per heavy atom. The molecule has 2 atom stereocenters. The summed E-state index contributed by atoms with van der Waals surface area (Å²) in [6, 6.07) is 0.621. The van der Waals surface area contributed by atoms with Gasteiger partial charge >= 0.3 is 0 Å². The molecule has 0 spiro atoms. The number of hydrogen-bond donors (Lipinski definition) is 1. The quantitative estimate of drug-likeness (QED) is 0.773. The number of carbonyl (C=O) groups is 1. The molecular formula is C13H27N3O. The maximum Gasteiger partial charge on any atom is 0.236 e. The Morgan fingerprint density at radius 3 is 2.71 bits per heavy atom. The van der Waals surface area contributed by atoms with Crippen LogP contribution in [0.2, 0.25) is 0 Å². The lowest BCUT2D eigenvalue weighted by Gasteiger charge is -2.38. The molecule has 0 bridgehead atoms. The fourth-order valence-corrected chi connectivity index (χ4v) is 2.53. The fraction of sp³-hybridized carbons (Fsp3) is 0.923. The molecule has 1 fully saturated rings. The first-order valence-electron chi connectivity index (χ1n) is 6.75. The summed E-state index contributed by atoms with van der Waals surface area (Å²) in [7, 11) is 3.92. The molecule has 100 valence electrons. The molecule has 0 aliphatic carbocycles. The molecule has 1 saturated heterocycles. The number of nitrogens with one attached hydrogen (secondary N) is 1. The molecule has 0 radical (unpaired) electrons. The lowest BCUT2D eigenvalue weighted by Crippen LogP contribution is -2.50. The lowest BCUT2D eigenvalue weighted by molar-refractivity contribution is -0.131. The van der Waals surface area contributed by atoms with Gasteiger partial charge in [0, 0.05) is 32.7 Å². The number of likely N-dealkylation sites (N-methyl/N-ethyl adjacent to an activating group) is 1. The van der Waals surface area contributed by atoms with E-state index in [2.05, 4.69) is 17.1 Å². The summed E-state index contributed by atoms with van der Waals surface area (Å²) in [6.07, 6.45) is 2.33. The van der Waals surface area contributed by atoms with Crippen molar-refractivity contribution in [1.29, 1.82) is 0 Å². The molecule has 0 aromatic rings. The van der Waals surface area contributed by atoms with Crippen LogP contribution in [0.3, 0.4) is 0 Å². The van der Waals surface area contributed by atoms with Crippen LogP contribution in [-0.4, -0.2) is 62.0 Å². The van der Waals surface area contributed by atoms with Gasteiger partial charge in [0.2, 0.25) is 5.91 Å². The van der Waals surface area contributed by atoms with Crippen LogP contribution in [0.1, 0.15) is 26.7 Å². The van der Waals surface area contributed by atoms with E-state index in [1.165, 1.54) is 6.42 Å². The van der Waals surface area contributed by atoms with Crippen LogP contribution in [0.5, 0.6) is 0 Å². The molecule has 0 aromatic carbocycles. The Morgan fingerprint density at radius 2 is 2.18 bits per heavy atom. The highest BCUT2D eigenvalue weighted by Crippen LogP contribution is 2.19. The Bertz CT molecular complexity index is 245. The zero-order valence-corrected chi connectivity index (χ0v) is 11.7. The van der Waals surface area contributed by atoms with Gasteiger partial charge in [0.25, 0.3) is 0 Å². The van der Waals surface area contributed by atoms with Gasteiger partial charge in [0.05, 0.1) is 6.54 Å². The minimum Gasteiger partial charge on any atom is -0.345 e. The minimum absolute atomic E-state index is 0.241. The van der Waals surface area contributed by atoms with Crippen molar-refractivity contribution in [1.82, 2.24) is 15.1 Å². The van der Waals surface area contributed by atoms with Gasteiger partial charge < -0.3 is 10.2 Å². The van der Waals surface area contributed by atoms with Crippen molar-refractivity contribution in [3.05, 3.63) is 0 Å². The summed E-state index contributed by atoms with van der Waals surface area (Å²) in [5.41, 5.74) is 0. The van der Waals surface area contributed by atoms with E-state index in [1.807, 2.05) is 21.0 Å². The Kier molecular flexibility index (Phi) is 5.92. The lowest BCUT2D eigenvalue weighted by atomic mass is 9.90. The molecule has 4 nitrogen and oxygen atoms in total. The van der Waals surface area contributed by atoms with Gasteiger partial charge in [-0.3, -0.25) is 9.69 Å². The van der Waals surface area contributed by atoms with Crippen LogP contribution in [0.4, 0.5) is 0 Å². The second-order valence-corrected chi connectivity index (χ2v) is 5.00. The molecule has 1 rings (SSSR count). The molecule has 0 aromatic heterocycles. The van der Waals surface area contributed by atoms with Gasteiger partial charge in [-0.25, -0.2) is 0 Å². The maximum absolute atomic E-state index is 11.9. The molecule has 2 unspecified atom stereocenters. The first-order valence-corrected chi connectivity index (χ1v) is 6.75. The number of carbonyl (C=O) groups excluding carboxylic acids is 1. The predicted molar refractivity (Wildman–Crippen MR) is 71.0 cm³/mol. The Hall–Kier alpha value is -0.610. The fourth-order valence-electron chi connectivity index (χ4n) is 2.53. The Balaban J connectivity index is 2.44. The molecule has 4 heteroatoms. The third-order valence-electron chi connectivity index (χ3n) is 3.97. The van der Waals surface area contributed by atoms with E-state index in [0.29, 0.717) is 18.5 Å². The summed E-state index contributed by atoms with van der Waals surface area (Å²) >= 11 is 0. The Labute approximate surface area is 105 Å². The van der Waals surface area contributed by atoms with E-state index in [0.717, 1.165) is 26.1 Å². The van der Waals surface area contributed by atoms with Gasteiger partial charge in [-0.2, -0.15) is 0 Å². The highest BCUT2D eigenvalue weighted by Gasteiger charge is 2.28. The molecule has 1 aliphatic rings. The van der Waals surface area contributed by atoms with Crippen LogP contribution < -0.4 is 5.32 Å². The van der Waals surface area contributed by atoms with Gasteiger partial charge in [-0.15, -0.1) is 0 Å². The number of hydrogen-bond acceptors (Lipinski definition) is 3. The van der Waals surface area contributed by atoms with E-state index < -0.39 is 0 Å². The monoisotopic (exact) mass is 241 g/mol. The summed E-state index contributed by atoms with van der Waals surface area (Å²) < 4.78 is 0. The van der Waals surface area contributed by atoms with Crippen LogP contribution in [0.25, 0.3) is 0 Å². The van der Waals surface area contributed by atoms with E-state index in [1.54, 1.807) is 4.90 Å². The summed E-state index contributed by atoms with van der Waals surface area (Å²) in [5.74, 6) is 0.916. The van der Waals surface area contributed by atoms with Gasteiger partial charge in [-0.1, -0.05) is 13.3 Å². The molecular weight excluding hydrogens is 214 g/mol. The number of likely N-dealkylation sites (tertiary alicyclic amines) is 1. The first-order chi connectivity index (χ1) is 8.12. The van der Waals surface area contributed by atoms with E-state index in [4.69, 9.17) is 0 Å². The van der Waals surface area contributed by atoms with Crippen molar-refractivity contribution in [2.24, 2.45) is 5.92 Å². The molecule has 1 aliphatic heterocycles. The van der Waals surface area contributed by atoms with Gasteiger partial charge in [-0.05, 0) is 26.3 Å². The molecule has 0 saturated carbocycles. The van der Waals surface area contributed by atoms with Crippen molar-refractivity contribution in [3.8, 4) is 0 Å². The van der Waals surface area contributed by atoms with Crippen LogP contribution in [-0.2, 0) is 4.79 Å². The highest BCUT2D eigenvalue weighted by molar-refractivity contribution is 5.77. The van der Waals surface area contributed by atoms with Crippen LogP contribution in [0, 0.1) is 5.92 Å². The summed E-state index contributed by atoms with van der Waals surface area (Å²) in [6.45, 7) is 7.70. The summed E-state index contributed by atoms with van der Waals surface area (Å²) in [5, 5.41) is 3.39. The molecule has 17 heavy (non-hydrogen) atoms. The largest absolute Gasteiger partial charge is 0.345 e. The van der Waals surface area contributed by atoms with Crippen molar-refractivity contribution in [3.63, 3.8) is 0 Å². The first kappa shape index (κ1) is 14.5. The smallest absolute Gasteiger partial charge is 0.236 e. The predicted octanol–water partition coefficient (Wildman–Crippen LogP) is 0.785. The standard InChI is InChI=1S/C13H27N3O/c1-5-11-9-16(8-7-12(11)14-3)10-13(17)15(4)6-2/h11-12,14H,5-10H2,1-4H3. The van der Waals surface area contributed by atoms with Crippen LogP contribution in [0.15, 0.2) is 0 Å². The number of nitrogens with zero attached hydrogens (tertiary/aromatic N) is 2. The second kappa shape index (κ2) is 6.97. The average molecular weight is 241 g/mol. The number of piperidine rings is 1. The normalized spacial score (nSPS) is 25.9. The van der Waals surface area contributed by atoms with Crippen molar-refractivity contribution in [2.45, 2.75) is 32.7 Å². The number of rotatable bonds is 5. The van der Waals surface area contributed by atoms with E-state index in [9.17, 15) is 4.79 Å². The van der Waals surface area contributed by atoms with E-state index in [-0.39, 0.29) is 5.91 Å². The highest BCUT2D eigenvalue weighted by atomic mass is 16.2. The average Bonchev–Trinajstić information content (AvgIpc) is 2.37. The SMILES string of the molecule is CCC1CN(CC(=O)N(C)CC)CCC1NC. The third-order valence-corrected chi connectivity index (χ3v) is 3.97. The van der Waals surface area contributed by atoms with Crippen LogP contribution >= 0.6 is 0 Å². The number of amides is 1. The second-order valence-electron chi connectivity index (χ2n) is 5.00. The summed E-state index contributed by atoms with van der Waals surface area (Å²) in [4.78, 5) is 16.0. The molecule has 1 N–H and O–H groups in total. The third kappa shape index (κ3) is 3.96. The molecule has 1 heterocycles. The molecule has 1 amide bonds. The topological polar surface area (TPSA) is 35.6 Å².